The zero-order valence-electron chi connectivity index (χ0n) is 12.3. The van der Waals surface area contributed by atoms with Gasteiger partial charge >= 0.3 is 0 Å². The standard InChI is InChI=1S/C14H24N2O2S/c1-5-11-19(17,18)16(6-2)12-13-7-9-14(10-8-13)15(3)4/h7-10H,5-6,11-12H2,1-4H3. The summed E-state index contributed by atoms with van der Waals surface area (Å²) in [5.74, 6) is 0.219. The summed E-state index contributed by atoms with van der Waals surface area (Å²) in [6.07, 6.45) is 0.651. The third-order valence-corrected chi connectivity index (χ3v) is 5.12. The highest BCUT2D eigenvalue weighted by molar-refractivity contribution is 7.89. The minimum Gasteiger partial charge on any atom is -0.378 e. The number of benzene rings is 1. The van der Waals surface area contributed by atoms with Crippen molar-refractivity contribution in [3.05, 3.63) is 29.8 Å². The van der Waals surface area contributed by atoms with Crippen LogP contribution in [0.25, 0.3) is 0 Å². The molecule has 0 aromatic heterocycles. The van der Waals surface area contributed by atoms with Crippen LogP contribution in [0.3, 0.4) is 0 Å². The van der Waals surface area contributed by atoms with Gasteiger partial charge in [-0.05, 0) is 24.1 Å². The van der Waals surface area contributed by atoms with Crippen LogP contribution >= 0.6 is 0 Å². The number of hydrogen-bond donors (Lipinski definition) is 0. The average molecular weight is 284 g/mol. The van der Waals surface area contributed by atoms with Crippen molar-refractivity contribution in [1.29, 1.82) is 0 Å². The van der Waals surface area contributed by atoms with Crippen LogP contribution in [0.1, 0.15) is 25.8 Å². The number of nitrogens with zero attached hydrogens (tertiary/aromatic N) is 2. The summed E-state index contributed by atoms with van der Waals surface area (Å²) < 4.78 is 25.7. The zero-order valence-corrected chi connectivity index (χ0v) is 13.1. The summed E-state index contributed by atoms with van der Waals surface area (Å²) >= 11 is 0. The monoisotopic (exact) mass is 284 g/mol. The normalized spacial score (nSPS) is 11.8. The van der Waals surface area contributed by atoms with Gasteiger partial charge in [0.15, 0.2) is 0 Å². The van der Waals surface area contributed by atoms with Crippen molar-refractivity contribution in [3.8, 4) is 0 Å². The van der Waals surface area contributed by atoms with Crippen molar-refractivity contribution in [3.63, 3.8) is 0 Å². The second-order valence-corrected chi connectivity index (χ2v) is 6.89. The lowest BCUT2D eigenvalue weighted by Gasteiger charge is -2.20. The van der Waals surface area contributed by atoms with Gasteiger partial charge in [-0.25, -0.2) is 8.42 Å². The molecular weight excluding hydrogens is 260 g/mol. The van der Waals surface area contributed by atoms with Gasteiger partial charge in [0.05, 0.1) is 5.75 Å². The van der Waals surface area contributed by atoms with Gasteiger partial charge < -0.3 is 4.90 Å². The lowest BCUT2D eigenvalue weighted by Crippen LogP contribution is -2.32. The molecule has 1 aromatic rings. The summed E-state index contributed by atoms with van der Waals surface area (Å²) in [5.41, 5.74) is 2.13. The molecular formula is C14H24N2O2S. The Morgan fingerprint density at radius 2 is 1.63 bits per heavy atom. The molecule has 108 valence electrons. The van der Waals surface area contributed by atoms with Crippen molar-refractivity contribution >= 4 is 15.7 Å². The minimum absolute atomic E-state index is 0.219. The molecule has 0 aliphatic heterocycles. The van der Waals surface area contributed by atoms with E-state index in [0.717, 1.165) is 11.3 Å². The molecule has 19 heavy (non-hydrogen) atoms. The lowest BCUT2D eigenvalue weighted by atomic mass is 10.2. The Labute approximate surface area is 117 Å². The summed E-state index contributed by atoms with van der Waals surface area (Å²) in [6.45, 7) is 4.73. The molecule has 0 fully saturated rings. The minimum atomic E-state index is -3.12. The van der Waals surface area contributed by atoms with Crippen LogP contribution in [-0.4, -0.2) is 39.1 Å². The third-order valence-electron chi connectivity index (χ3n) is 3.02. The first-order chi connectivity index (χ1) is 8.90. The molecule has 0 amide bonds. The van der Waals surface area contributed by atoms with Crippen LogP contribution in [0.15, 0.2) is 24.3 Å². The predicted molar refractivity (Wildman–Crippen MR) is 80.9 cm³/mol. The van der Waals surface area contributed by atoms with Crippen molar-refractivity contribution in [1.82, 2.24) is 4.31 Å². The second kappa shape index (κ2) is 6.91. The van der Waals surface area contributed by atoms with E-state index in [-0.39, 0.29) is 5.75 Å². The van der Waals surface area contributed by atoms with Crippen LogP contribution in [0, 0.1) is 0 Å². The fourth-order valence-corrected chi connectivity index (χ4v) is 3.41. The Bertz CT molecular complexity index is 481. The Balaban J connectivity index is 2.82. The van der Waals surface area contributed by atoms with Gasteiger partial charge in [-0.2, -0.15) is 4.31 Å². The summed E-state index contributed by atoms with van der Waals surface area (Å²) in [7, 11) is 0.846. The molecule has 0 radical (unpaired) electrons. The molecule has 1 rings (SSSR count). The Kier molecular flexibility index (Phi) is 5.82. The molecule has 0 spiro atoms. The highest BCUT2D eigenvalue weighted by atomic mass is 32.2. The topological polar surface area (TPSA) is 40.6 Å². The summed E-state index contributed by atoms with van der Waals surface area (Å²) in [5, 5.41) is 0. The first kappa shape index (κ1) is 16.0. The molecule has 5 heteroatoms. The van der Waals surface area contributed by atoms with Crippen LogP contribution < -0.4 is 4.90 Å². The van der Waals surface area contributed by atoms with E-state index in [1.54, 1.807) is 4.31 Å². The third kappa shape index (κ3) is 4.51. The molecule has 0 aliphatic carbocycles. The second-order valence-electron chi connectivity index (χ2n) is 4.80. The average Bonchev–Trinajstić information content (AvgIpc) is 2.36. The molecule has 0 unspecified atom stereocenters. The van der Waals surface area contributed by atoms with E-state index in [4.69, 9.17) is 0 Å². The van der Waals surface area contributed by atoms with E-state index in [0.29, 0.717) is 19.5 Å². The Morgan fingerprint density at radius 3 is 2.05 bits per heavy atom. The maximum absolute atomic E-state index is 12.1. The van der Waals surface area contributed by atoms with E-state index in [9.17, 15) is 8.42 Å². The largest absolute Gasteiger partial charge is 0.378 e. The molecule has 0 atom stereocenters. The highest BCUT2D eigenvalue weighted by Crippen LogP contribution is 2.15. The molecule has 0 N–H and O–H groups in total. The van der Waals surface area contributed by atoms with Crippen molar-refractivity contribution in [2.45, 2.75) is 26.8 Å². The smallest absolute Gasteiger partial charge is 0.214 e. The van der Waals surface area contributed by atoms with Crippen LogP contribution in [0.4, 0.5) is 5.69 Å². The first-order valence-electron chi connectivity index (χ1n) is 6.64. The molecule has 0 saturated heterocycles. The molecule has 0 aliphatic rings. The van der Waals surface area contributed by atoms with E-state index in [1.807, 2.05) is 57.1 Å². The van der Waals surface area contributed by atoms with Crippen LogP contribution in [-0.2, 0) is 16.6 Å². The van der Waals surface area contributed by atoms with Gasteiger partial charge in [0.1, 0.15) is 0 Å². The van der Waals surface area contributed by atoms with Crippen molar-refractivity contribution < 1.29 is 8.42 Å². The summed E-state index contributed by atoms with van der Waals surface area (Å²) in [4.78, 5) is 2.02. The van der Waals surface area contributed by atoms with Crippen molar-refractivity contribution in [2.24, 2.45) is 0 Å². The quantitative estimate of drug-likeness (QED) is 0.771. The molecule has 4 nitrogen and oxygen atoms in total. The number of anilines is 1. The van der Waals surface area contributed by atoms with Gasteiger partial charge in [-0.3, -0.25) is 0 Å². The van der Waals surface area contributed by atoms with E-state index < -0.39 is 10.0 Å². The first-order valence-corrected chi connectivity index (χ1v) is 8.25. The maximum atomic E-state index is 12.1. The lowest BCUT2D eigenvalue weighted by molar-refractivity contribution is 0.423. The molecule has 1 aromatic carbocycles. The van der Waals surface area contributed by atoms with Crippen molar-refractivity contribution in [2.75, 3.05) is 31.3 Å². The SMILES string of the molecule is CCCS(=O)(=O)N(CC)Cc1ccc(N(C)C)cc1. The number of rotatable bonds is 7. The van der Waals surface area contributed by atoms with Gasteiger partial charge in [0, 0.05) is 32.9 Å². The summed E-state index contributed by atoms with van der Waals surface area (Å²) in [6, 6.07) is 7.99. The molecule has 0 bridgehead atoms. The Hall–Kier alpha value is -1.07. The van der Waals surface area contributed by atoms with Gasteiger partial charge in [-0.15, -0.1) is 0 Å². The maximum Gasteiger partial charge on any atom is 0.214 e. The predicted octanol–water partition coefficient (Wildman–Crippen LogP) is 2.31. The highest BCUT2D eigenvalue weighted by Gasteiger charge is 2.19. The van der Waals surface area contributed by atoms with Gasteiger partial charge in [0.2, 0.25) is 10.0 Å². The van der Waals surface area contributed by atoms with E-state index in [1.165, 1.54) is 0 Å². The fourth-order valence-electron chi connectivity index (χ4n) is 1.90. The molecule has 0 saturated carbocycles. The van der Waals surface area contributed by atoms with Gasteiger partial charge in [0.25, 0.3) is 0 Å². The zero-order chi connectivity index (χ0) is 14.5. The van der Waals surface area contributed by atoms with Crippen LogP contribution in [0.2, 0.25) is 0 Å². The van der Waals surface area contributed by atoms with E-state index >= 15 is 0 Å². The fraction of sp³-hybridized carbons (Fsp3) is 0.571. The van der Waals surface area contributed by atoms with E-state index in [2.05, 4.69) is 0 Å². The van der Waals surface area contributed by atoms with Crippen LogP contribution in [0.5, 0.6) is 0 Å². The van der Waals surface area contributed by atoms with Gasteiger partial charge in [-0.1, -0.05) is 26.0 Å². The number of hydrogen-bond acceptors (Lipinski definition) is 3. The molecule has 0 heterocycles. The Morgan fingerprint density at radius 1 is 1.05 bits per heavy atom. The number of sulfonamides is 1.